The first-order valence-corrected chi connectivity index (χ1v) is 25.8. The number of carbonyl (C=O) groups is 1. The predicted octanol–water partition coefficient (Wildman–Crippen LogP) is 9.45. The van der Waals surface area contributed by atoms with Crippen molar-refractivity contribution in [2.24, 2.45) is 11.3 Å². The van der Waals surface area contributed by atoms with Gasteiger partial charge in [-0.2, -0.15) is 13.2 Å². The van der Waals surface area contributed by atoms with E-state index in [0.29, 0.717) is 35.7 Å². The molecular formula is C47H55ClF3N5O5S3. The summed E-state index contributed by atoms with van der Waals surface area (Å²) >= 11 is 7.65. The van der Waals surface area contributed by atoms with E-state index in [1.807, 2.05) is 47.2 Å². The number of rotatable bonds is 16. The van der Waals surface area contributed by atoms with E-state index in [2.05, 4.69) is 52.9 Å². The van der Waals surface area contributed by atoms with Gasteiger partial charge in [0.05, 0.1) is 10.6 Å². The lowest BCUT2D eigenvalue weighted by Crippen LogP contribution is -2.47. The zero-order chi connectivity index (χ0) is 45.9. The summed E-state index contributed by atoms with van der Waals surface area (Å²) in [6.45, 7) is 13.2. The Hall–Kier alpha value is -4.06. The minimum atomic E-state index is -6.03. The zero-order valence-electron chi connectivity index (χ0n) is 36.2. The molecule has 4 aromatic carbocycles. The Morgan fingerprint density at radius 2 is 1.56 bits per heavy atom. The van der Waals surface area contributed by atoms with Crippen LogP contribution in [0, 0.1) is 11.3 Å². The van der Waals surface area contributed by atoms with Gasteiger partial charge in [0.1, 0.15) is 4.90 Å². The molecule has 10 nitrogen and oxygen atoms in total. The van der Waals surface area contributed by atoms with E-state index in [9.17, 15) is 34.8 Å². The number of carbonyl (C=O) groups excluding carboxylic acids is 1. The summed E-state index contributed by atoms with van der Waals surface area (Å²) in [6, 6.07) is 25.9. The molecule has 64 heavy (non-hydrogen) atoms. The van der Waals surface area contributed by atoms with Crippen molar-refractivity contribution in [1.82, 2.24) is 14.5 Å². The number of amides is 1. The molecule has 0 radical (unpaired) electrons. The Morgan fingerprint density at radius 1 is 0.891 bits per heavy atom. The van der Waals surface area contributed by atoms with Crippen LogP contribution in [0.3, 0.4) is 0 Å². The van der Waals surface area contributed by atoms with Crippen molar-refractivity contribution in [2.45, 2.75) is 72.7 Å². The molecule has 2 fully saturated rings. The van der Waals surface area contributed by atoms with Crippen LogP contribution in [-0.2, 0) is 19.9 Å². The minimum Gasteiger partial charge on any atom is -0.380 e. The number of likely N-dealkylation sites (tertiary alicyclic amines) is 1. The highest BCUT2D eigenvalue weighted by Gasteiger charge is 2.48. The van der Waals surface area contributed by atoms with Gasteiger partial charge in [-0.1, -0.05) is 68.3 Å². The van der Waals surface area contributed by atoms with Crippen molar-refractivity contribution >= 4 is 66.1 Å². The van der Waals surface area contributed by atoms with Crippen LogP contribution in [0.2, 0.25) is 5.02 Å². The molecule has 3 aliphatic rings. The number of thioether (sulfide) groups is 1. The van der Waals surface area contributed by atoms with Crippen LogP contribution >= 0.6 is 23.4 Å². The minimum absolute atomic E-state index is 0.00400. The predicted molar refractivity (Wildman–Crippen MR) is 250 cm³/mol. The average molecular weight is 959 g/mol. The SMILES string of the molecule is CC1CN(CCC(CSc2ccccc2)Nc2ccc(S(=O)(=O)NC(=O)c3ccc(N4CCN(CC5=C(c6ccc(Cl)cc6)CCC(C)(C)C5)CC4)cc3)cc2S(=O)(=O)C(F)(F)F)C1. The second-order valence-corrected chi connectivity index (χ2v) is 23.0. The number of hydrogen-bond acceptors (Lipinski definition) is 10. The van der Waals surface area contributed by atoms with Gasteiger partial charge in [0.25, 0.3) is 25.8 Å². The number of benzene rings is 4. The number of allylic oxidation sites excluding steroid dienone is 1. The fourth-order valence-corrected chi connectivity index (χ4v) is 11.8. The number of sulfonamides is 1. The van der Waals surface area contributed by atoms with E-state index in [4.69, 9.17) is 11.6 Å². The van der Waals surface area contributed by atoms with Crippen molar-refractivity contribution in [3.05, 3.63) is 119 Å². The first kappa shape index (κ1) is 47.9. The van der Waals surface area contributed by atoms with Crippen molar-refractivity contribution in [3.8, 4) is 0 Å². The lowest BCUT2D eigenvalue weighted by molar-refractivity contribution is -0.0435. The number of hydrogen-bond donors (Lipinski definition) is 2. The van der Waals surface area contributed by atoms with Crippen LogP contribution < -0.4 is 14.9 Å². The first-order chi connectivity index (χ1) is 30.3. The number of nitrogens with one attached hydrogen (secondary N) is 2. The molecule has 1 amide bonds. The number of halogens is 4. The van der Waals surface area contributed by atoms with E-state index in [1.54, 1.807) is 12.1 Å². The highest BCUT2D eigenvalue weighted by atomic mass is 35.5. The molecule has 2 heterocycles. The highest BCUT2D eigenvalue weighted by Crippen LogP contribution is 2.43. The van der Waals surface area contributed by atoms with Gasteiger partial charge in [0.2, 0.25) is 0 Å². The summed E-state index contributed by atoms with van der Waals surface area (Å²) in [5.41, 5.74) is -0.963. The molecule has 2 saturated heterocycles. The van der Waals surface area contributed by atoms with Crippen LogP contribution in [0.5, 0.6) is 0 Å². The van der Waals surface area contributed by atoms with E-state index < -0.39 is 47.1 Å². The van der Waals surface area contributed by atoms with Crippen LogP contribution in [0.25, 0.3) is 5.57 Å². The van der Waals surface area contributed by atoms with Gasteiger partial charge in [-0.3, -0.25) is 9.69 Å². The molecule has 344 valence electrons. The van der Waals surface area contributed by atoms with Crippen LogP contribution in [0.15, 0.2) is 117 Å². The van der Waals surface area contributed by atoms with E-state index in [0.717, 1.165) is 87.8 Å². The first-order valence-electron chi connectivity index (χ1n) is 21.5. The molecule has 1 atom stereocenters. The number of sulfone groups is 1. The van der Waals surface area contributed by atoms with Gasteiger partial charge in [-0.15, -0.1) is 11.8 Å². The second kappa shape index (κ2) is 19.8. The largest absolute Gasteiger partial charge is 0.501 e. The van der Waals surface area contributed by atoms with Crippen molar-refractivity contribution in [3.63, 3.8) is 0 Å². The Morgan fingerprint density at radius 3 is 2.20 bits per heavy atom. The van der Waals surface area contributed by atoms with Crippen LogP contribution in [0.1, 0.15) is 62.4 Å². The summed E-state index contributed by atoms with van der Waals surface area (Å²) in [6.07, 6.45) is 3.65. The second-order valence-electron chi connectivity index (χ2n) is 17.9. The highest BCUT2D eigenvalue weighted by molar-refractivity contribution is 7.99. The maximum atomic E-state index is 14.1. The number of alkyl halides is 3. The van der Waals surface area contributed by atoms with Gasteiger partial charge in [-0.05, 0) is 115 Å². The third-order valence-corrected chi connectivity index (χ3v) is 16.5. The Kier molecular flexibility index (Phi) is 14.8. The maximum Gasteiger partial charge on any atom is 0.501 e. The standard InChI is InChI=1S/C47H55ClF3N5O5S3/c1-33-29-55(30-33)22-20-38(32-62-40-7-5-4-6-8-40)52-43-18-17-41(27-44(43)63(58,59)47(49,50)51)64(60,61)53-45(57)35-11-15-39(16-12-35)56-25-23-54(24-26-56)31-36-28-46(2,3)21-19-42(36)34-9-13-37(48)14-10-34/h4-18,27,33,38,52H,19-26,28-32H2,1-3H3,(H,53,57). The molecular weight excluding hydrogens is 903 g/mol. The maximum absolute atomic E-state index is 14.1. The quantitative estimate of drug-likeness (QED) is 0.105. The molecule has 1 unspecified atom stereocenters. The van der Waals surface area contributed by atoms with Crippen LogP contribution in [-0.4, -0.2) is 102 Å². The Balaban J connectivity index is 1.01. The van der Waals surface area contributed by atoms with E-state index in [-0.39, 0.29) is 16.7 Å². The fraction of sp³-hybridized carbons (Fsp3) is 0.426. The molecule has 7 rings (SSSR count). The molecule has 1 aliphatic carbocycles. The lowest BCUT2D eigenvalue weighted by Gasteiger charge is -2.39. The summed E-state index contributed by atoms with van der Waals surface area (Å²) < 4.78 is 97.5. The molecule has 2 N–H and O–H groups in total. The molecule has 17 heteroatoms. The van der Waals surface area contributed by atoms with Crippen molar-refractivity contribution in [2.75, 3.05) is 68.3 Å². The molecule has 0 bridgehead atoms. The fourth-order valence-electron chi connectivity index (χ4n) is 8.68. The van der Waals surface area contributed by atoms with Gasteiger partial charge >= 0.3 is 5.51 Å². The van der Waals surface area contributed by atoms with E-state index >= 15 is 0 Å². The van der Waals surface area contributed by atoms with E-state index in [1.165, 1.54) is 40.6 Å². The summed E-state index contributed by atoms with van der Waals surface area (Å²) in [5, 5.41) is 3.72. The lowest BCUT2D eigenvalue weighted by atomic mass is 9.73. The zero-order valence-corrected chi connectivity index (χ0v) is 39.4. The molecule has 4 aromatic rings. The Bertz CT molecular complexity index is 2530. The van der Waals surface area contributed by atoms with Gasteiger partial charge in [0.15, 0.2) is 0 Å². The van der Waals surface area contributed by atoms with Gasteiger partial charge in [-0.25, -0.2) is 21.6 Å². The third kappa shape index (κ3) is 11.8. The average Bonchev–Trinajstić information content (AvgIpc) is 3.24. The molecule has 2 aliphatic heterocycles. The third-order valence-electron chi connectivity index (χ3n) is 12.2. The van der Waals surface area contributed by atoms with Gasteiger partial charge < -0.3 is 15.1 Å². The summed E-state index contributed by atoms with van der Waals surface area (Å²) in [7, 11) is -10.9. The summed E-state index contributed by atoms with van der Waals surface area (Å²) in [4.78, 5) is 19.1. The smallest absolute Gasteiger partial charge is 0.380 e. The molecule has 0 spiro atoms. The molecule has 0 aromatic heterocycles. The van der Waals surface area contributed by atoms with Gasteiger partial charge in [0, 0.05) is 85.3 Å². The number of nitrogens with zero attached hydrogens (tertiary/aromatic N) is 3. The number of piperazine rings is 1. The van der Waals surface area contributed by atoms with Crippen molar-refractivity contribution < 1.29 is 34.8 Å². The topological polar surface area (TPSA) is 119 Å². The monoisotopic (exact) mass is 957 g/mol. The number of anilines is 2. The van der Waals surface area contributed by atoms with Crippen molar-refractivity contribution in [1.29, 1.82) is 0 Å². The van der Waals surface area contributed by atoms with Crippen LogP contribution in [0.4, 0.5) is 24.5 Å². The molecule has 0 saturated carbocycles. The summed E-state index contributed by atoms with van der Waals surface area (Å²) in [5.74, 6) is -0.0837. The normalized spacial score (nSPS) is 18.4. The Labute approximate surface area is 384 Å².